The van der Waals surface area contributed by atoms with Crippen molar-refractivity contribution in [3.05, 3.63) is 46.7 Å². The Kier molecular flexibility index (Phi) is 4.68. The number of nitrogens with one attached hydrogen (secondary N) is 1. The Balaban J connectivity index is 1.73. The van der Waals surface area contributed by atoms with Crippen molar-refractivity contribution in [3.63, 3.8) is 0 Å². The summed E-state index contributed by atoms with van der Waals surface area (Å²) < 4.78 is 0.972. The van der Waals surface area contributed by atoms with Crippen LogP contribution < -0.4 is 10.2 Å². The van der Waals surface area contributed by atoms with E-state index in [2.05, 4.69) is 36.1 Å². The van der Waals surface area contributed by atoms with Crippen LogP contribution in [0, 0.1) is 0 Å². The van der Waals surface area contributed by atoms with Crippen LogP contribution in [0.2, 0.25) is 0 Å². The van der Waals surface area contributed by atoms with Crippen LogP contribution in [0.3, 0.4) is 0 Å². The van der Waals surface area contributed by atoms with Gasteiger partial charge < -0.3 is 10.2 Å². The van der Waals surface area contributed by atoms with Crippen molar-refractivity contribution in [2.75, 3.05) is 23.3 Å². The Morgan fingerprint density at radius 2 is 1.82 bits per heavy atom. The lowest BCUT2D eigenvalue weighted by Gasteiger charge is -2.26. The molecule has 0 spiro atoms. The fourth-order valence-corrected chi connectivity index (χ4v) is 2.71. The van der Waals surface area contributed by atoms with E-state index in [0.717, 1.165) is 36.1 Å². The largest absolute Gasteiger partial charge is 0.341 e. The molecule has 0 unspecified atom stereocenters. The summed E-state index contributed by atoms with van der Waals surface area (Å²) in [6.45, 7) is 1.91. The van der Waals surface area contributed by atoms with Crippen LogP contribution in [0.25, 0.3) is 0 Å². The van der Waals surface area contributed by atoms with Gasteiger partial charge in [-0.1, -0.05) is 15.9 Å². The van der Waals surface area contributed by atoms with Crippen molar-refractivity contribution in [2.24, 2.45) is 0 Å². The predicted octanol–water partition coefficient (Wildman–Crippen LogP) is 3.48. The summed E-state index contributed by atoms with van der Waals surface area (Å²) in [5, 5.41) is 2.85. The van der Waals surface area contributed by atoms with Gasteiger partial charge in [-0.25, -0.2) is 9.97 Å². The van der Waals surface area contributed by atoms with Gasteiger partial charge in [0.1, 0.15) is 5.69 Å². The van der Waals surface area contributed by atoms with Crippen molar-refractivity contribution in [3.8, 4) is 0 Å². The van der Waals surface area contributed by atoms with Crippen LogP contribution in [0.1, 0.15) is 29.8 Å². The van der Waals surface area contributed by atoms with E-state index < -0.39 is 0 Å². The Morgan fingerprint density at radius 1 is 1.09 bits per heavy atom. The molecular weight excluding hydrogens is 344 g/mol. The minimum Gasteiger partial charge on any atom is -0.341 e. The van der Waals surface area contributed by atoms with Crippen molar-refractivity contribution in [2.45, 2.75) is 19.3 Å². The fraction of sp³-hybridized carbons (Fsp3) is 0.312. The number of hydrogen-bond donors (Lipinski definition) is 1. The summed E-state index contributed by atoms with van der Waals surface area (Å²) in [4.78, 5) is 23.1. The number of nitrogens with zero attached hydrogens (tertiary/aromatic N) is 3. The Labute approximate surface area is 137 Å². The molecule has 0 atom stereocenters. The molecule has 1 aliphatic rings. The van der Waals surface area contributed by atoms with E-state index >= 15 is 0 Å². The van der Waals surface area contributed by atoms with E-state index in [4.69, 9.17) is 0 Å². The molecule has 1 aliphatic heterocycles. The highest BCUT2D eigenvalue weighted by molar-refractivity contribution is 9.10. The molecule has 114 valence electrons. The standard InChI is InChI=1S/C16H17BrN4O/c17-12-4-6-13(7-5-12)19-15(22)14-8-9-18-16(20-14)21-10-2-1-3-11-21/h4-9H,1-3,10-11H2,(H,19,22). The van der Waals surface area contributed by atoms with Gasteiger partial charge in [0.05, 0.1) is 0 Å². The van der Waals surface area contributed by atoms with Gasteiger partial charge in [-0.3, -0.25) is 4.79 Å². The van der Waals surface area contributed by atoms with Gasteiger partial charge in [-0.2, -0.15) is 0 Å². The molecule has 6 heteroatoms. The van der Waals surface area contributed by atoms with E-state index in [0.29, 0.717) is 11.6 Å². The Morgan fingerprint density at radius 3 is 2.55 bits per heavy atom. The molecule has 1 N–H and O–H groups in total. The van der Waals surface area contributed by atoms with E-state index in [-0.39, 0.29) is 5.91 Å². The minimum atomic E-state index is -0.219. The number of hydrogen-bond acceptors (Lipinski definition) is 4. The van der Waals surface area contributed by atoms with Gasteiger partial charge in [-0.15, -0.1) is 0 Å². The average molecular weight is 361 g/mol. The van der Waals surface area contributed by atoms with Crippen LogP contribution in [-0.2, 0) is 0 Å². The number of piperidine rings is 1. The van der Waals surface area contributed by atoms with Gasteiger partial charge in [0.15, 0.2) is 0 Å². The number of anilines is 2. The smallest absolute Gasteiger partial charge is 0.274 e. The minimum absolute atomic E-state index is 0.219. The lowest BCUT2D eigenvalue weighted by atomic mass is 10.1. The molecule has 5 nitrogen and oxygen atoms in total. The molecular formula is C16H17BrN4O. The summed E-state index contributed by atoms with van der Waals surface area (Å²) in [6.07, 6.45) is 5.20. The molecule has 22 heavy (non-hydrogen) atoms. The van der Waals surface area contributed by atoms with Crippen LogP contribution in [0.5, 0.6) is 0 Å². The zero-order valence-corrected chi connectivity index (χ0v) is 13.7. The molecule has 2 aromatic rings. The molecule has 1 saturated heterocycles. The number of rotatable bonds is 3. The first kappa shape index (κ1) is 15.0. The monoisotopic (exact) mass is 360 g/mol. The number of carbonyl (C=O) groups excluding carboxylic acids is 1. The highest BCUT2D eigenvalue weighted by Crippen LogP contribution is 2.17. The molecule has 0 aliphatic carbocycles. The SMILES string of the molecule is O=C(Nc1ccc(Br)cc1)c1ccnc(N2CCCCC2)n1. The molecule has 0 bridgehead atoms. The van der Waals surface area contributed by atoms with Crippen LogP contribution in [-0.4, -0.2) is 29.0 Å². The van der Waals surface area contributed by atoms with E-state index in [1.165, 1.54) is 6.42 Å². The first-order chi connectivity index (χ1) is 10.7. The molecule has 3 rings (SSSR count). The van der Waals surface area contributed by atoms with Crippen molar-refractivity contribution >= 4 is 33.5 Å². The van der Waals surface area contributed by atoms with Gasteiger partial charge in [-0.05, 0) is 49.6 Å². The van der Waals surface area contributed by atoms with Gasteiger partial charge in [0.2, 0.25) is 5.95 Å². The fourth-order valence-electron chi connectivity index (χ4n) is 2.45. The zero-order valence-electron chi connectivity index (χ0n) is 12.1. The van der Waals surface area contributed by atoms with E-state index in [1.54, 1.807) is 12.3 Å². The lowest BCUT2D eigenvalue weighted by molar-refractivity contribution is 0.102. The van der Waals surface area contributed by atoms with Gasteiger partial charge in [0, 0.05) is 29.4 Å². The van der Waals surface area contributed by atoms with Gasteiger partial charge in [0.25, 0.3) is 5.91 Å². The maximum Gasteiger partial charge on any atom is 0.274 e. The number of halogens is 1. The second-order valence-corrected chi connectivity index (χ2v) is 6.17. The first-order valence-corrected chi connectivity index (χ1v) is 8.16. The highest BCUT2D eigenvalue weighted by atomic mass is 79.9. The maximum absolute atomic E-state index is 12.3. The topological polar surface area (TPSA) is 58.1 Å². The van der Waals surface area contributed by atoms with Crippen LogP contribution in [0.4, 0.5) is 11.6 Å². The Hall–Kier alpha value is -1.95. The second-order valence-electron chi connectivity index (χ2n) is 5.25. The third-order valence-electron chi connectivity index (χ3n) is 3.62. The number of carbonyl (C=O) groups is 1. The molecule has 1 aromatic carbocycles. The normalized spacial score (nSPS) is 14.7. The summed E-state index contributed by atoms with van der Waals surface area (Å²) in [5.41, 5.74) is 1.13. The summed E-state index contributed by atoms with van der Waals surface area (Å²) in [5.74, 6) is 0.422. The van der Waals surface area contributed by atoms with E-state index in [1.807, 2.05) is 24.3 Å². The Bertz CT molecular complexity index is 653. The zero-order chi connectivity index (χ0) is 15.4. The van der Waals surface area contributed by atoms with Crippen molar-refractivity contribution < 1.29 is 4.79 Å². The summed E-state index contributed by atoms with van der Waals surface area (Å²) in [7, 11) is 0. The third-order valence-corrected chi connectivity index (χ3v) is 4.15. The quantitative estimate of drug-likeness (QED) is 0.910. The molecule has 0 radical (unpaired) electrons. The summed E-state index contributed by atoms with van der Waals surface area (Å²) >= 11 is 3.37. The van der Waals surface area contributed by atoms with Crippen molar-refractivity contribution in [1.82, 2.24) is 9.97 Å². The number of benzene rings is 1. The number of amides is 1. The lowest BCUT2D eigenvalue weighted by Crippen LogP contribution is -2.31. The van der Waals surface area contributed by atoms with Crippen LogP contribution in [0.15, 0.2) is 41.0 Å². The molecule has 2 heterocycles. The summed E-state index contributed by atoms with van der Waals surface area (Å²) in [6, 6.07) is 9.09. The first-order valence-electron chi connectivity index (χ1n) is 7.37. The van der Waals surface area contributed by atoms with Crippen molar-refractivity contribution in [1.29, 1.82) is 0 Å². The van der Waals surface area contributed by atoms with Crippen LogP contribution >= 0.6 is 15.9 Å². The number of aromatic nitrogens is 2. The second kappa shape index (κ2) is 6.87. The molecule has 0 saturated carbocycles. The maximum atomic E-state index is 12.3. The van der Waals surface area contributed by atoms with E-state index in [9.17, 15) is 4.79 Å². The molecule has 1 fully saturated rings. The predicted molar refractivity (Wildman–Crippen MR) is 90.2 cm³/mol. The average Bonchev–Trinajstić information content (AvgIpc) is 2.58. The molecule has 1 aromatic heterocycles. The third kappa shape index (κ3) is 3.62. The molecule has 1 amide bonds. The van der Waals surface area contributed by atoms with Gasteiger partial charge >= 0.3 is 0 Å². The highest BCUT2D eigenvalue weighted by Gasteiger charge is 2.15.